The quantitative estimate of drug-likeness (QED) is 0.517. The molecule has 124 valence electrons. The number of aryl methyl sites for hydroxylation is 2. The van der Waals surface area contributed by atoms with Crippen LogP contribution in [0, 0.1) is 13.8 Å². The molecule has 3 aromatic rings. The molecule has 1 atom stereocenters. The Hall–Kier alpha value is -1.92. The zero-order chi connectivity index (χ0) is 17.3. The molecule has 0 unspecified atom stereocenters. The highest BCUT2D eigenvalue weighted by Gasteiger charge is 2.21. The molecule has 3 rings (SSSR count). The summed E-state index contributed by atoms with van der Waals surface area (Å²) < 4.78 is 0. The normalized spacial score (nSPS) is 12.5. The Bertz CT molecular complexity index is 905. The number of fused-ring (bicyclic) bond motifs is 1. The molecular formula is C18H18N2O2S2. The van der Waals surface area contributed by atoms with E-state index in [9.17, 15) is 9.90 Å². The van der Waals surface area contributed by atoms with Gasteiger partial charge in [0.2, 0.25) is 0 Å². The Morgan fingerprint density at radius 2 is 2.08 bits per heavy atom. The Kier molecular flexibility index (Phi) is 4.87. The maximum absolute atomic E-state index is 11.4. The Balaban J connectivity index is 2.13. The molecule has 0 aliphatic carbocycles. The number of aromatic nitrogens is 2. The molecule has 1 N–H and O–H groups in total. The molecule has 4 nitrogen and oxygen atoms in total. The lowest BCUT2D eigenvalue weighted by Gasteiger charge is -2.11. The summed E-state index contributed by atoms with van der Waals surface area (Å²) in [5, 5.41) is 12.6. The number of benzene rings is 1. The largest absolute Gasteiger partial charge is 0.480 e. The van der Waals surface area contributed by atoms with Gasteiger partial charge in [-0.05, 0) is 37.0 Å². The summed E-state index contributed by atoms with van der Waals surface area (Å²) in [7, 11) is 0. The van der Waals surface area contributed by atoms with Gasteiger partial charge in [-0.25, -0.2) is 9.97 Å². The Labute approximate surface area is 149 Å². The molecule has 6 heteroatoms. The number of thioether (sulfide) groups is 1. The van der Waals surface area contributed by atoms with Crippen molar-refractivity contribution >= 4 is 39.3 Å². The number of nitrogens with zero attached hydrogens (tertiary/aromatic N) is 2. The average Bonchev–Trinajstić information content (AvgIpc) is 2.99. The van der Waals surface area contributed by atoms with Crippen LogP contribution in [0.15, 0.2) is 34.9 Å². The fourth-order valence-corrected chi connectivity index (χ4v) is 4.45. The van der Waals surface area contributed by atoms with Gasteiger partial charge in [0.25, 0.3) is 0 Å². The second-order valence-corrected chi connectivity index (χ2v) is 7.71. The van der Waals surface area contributed by atoms with Crippen LogP contribution < -0.4 is 0 Å². The summed E-state index contributed by atoms with van der Waals surface area (Å²) in [6, 6.07) is 6.36. The summed E-state index contributed by atoms with van der Waals surface area (Å²) in [6.45, 7) is 6.06. The number of thiophene rings is 1. The number of rotatable bonds is 5. The molecule has 2 heterocycles. The molecule has 0 amide bonds. The molecule has 24 heavy (non-hydrogen) atoms. The second kappa shape index (κ2) is 6.91. The van der Waals surface area contributed by atoms with Crippen LogP contribution in [0.5, 0.6) is 0 Å². The number of hydrogen-bond acceptors (Lipinski definition) is 5. The van der Waals surface area contributed by atoms with E-state index in [0.717, 1.165) is 26.4 Å². The third-order valence-corrected chi connectivity index (χ3v) is 6.29. The van der Waals surface area contributed by atoms with Crippen molar-refractivity contribution in [3.63, 3.8) is 0 Å². The number of carboxylic acid groups (broad SMARTS) is 1. The minimum atomic E-state index is -0.808. The molecule has 0 aliphatic heterocycles. The molecule has 0 aliphatic rings. The summed E-state index contributed by atoms with van der Waals surface area (Å²) >= 11 is 2.87. The minimum absolute atomic E-state index is 0.504. The maximum Gasteiger partial charge on any atom is 0.317 e. The summed E-state index contributed by atoms with van der Waals surface area (Å²) in [4.78, 5) is 21.0. The SMILES string of the molecule is CC[C@@H](Sc1ncnc2scc(-c3ccc(C)c(C)c3)c12)C(=O)O. The van der Waals surface area contributed by atoms with Gasteiger partial charge in [0.05, 0.1) is 5.39 Å². The van der Waals surface area contributed by atoms with E-state index < -0.39 is 11.2 Å². The van der Waals surface area contributed by atoms with Crippen molar-refractivity contribution in [2.75, 3.05) is 0 Å². The maximum atomic E-state index is 11.4. The fourth-order valence-electron chi connectivity index (χ4n) is 2.50. The van der Waals surface area contributed by atoms with Crippen LogP contribution in [-0.4, -0.2) is 26.3 Å². The predicted octanol–water partition coefficient (Wildman–Crippen LogP) is 4.93. The first-order valence-electron chi connectivity index (χ1n) is 7.70. The van der Waals surface area contributed by atoms with Crippen molar-refractivity contribution in [2.24, 2.45) is 0 Å². The first kappa shape index (κ1) is 16.9. The molecule has 2 aromatic heterocycles. The Morgan fingerprint density at radius 1 is 1.29 bits per heavy atom. The molecule has 0 radical (unpaired) electrons. The first-order chi connectivity index (χ1) is 11.5. The highest BCUT2D eigenvalue weighted by molar-refractivity contribution is 8.00. The monoisotopic (exact) mass is 358 g/mol. The summed E-state index contributed by atoms with van der Waals surface area (Å²) in [5.74, 6) is -0.808. The van der Waals surface area contributed by atoms with E-state index >= 15 is 0 Å². The van der Waals surface area contributed by atoms with E-state index in [4.69, 9.17) is 0 Å². The van der Waals surface area contributed by atoms with Crippen molar-refractivity contribution in [2.45, 2.75) is 37.5 Å². The molecule has 0 spiro atoms. The van der Waals surface area contributed by atoms with Gasteiger partial charge in [-0.2, -0.15) is 0 Å². The number of hydrogen-bond donors (Lipinski definition) is 1. The summed E-state index contributed by atoms with van der Waals surface area (Å²) in [5.41, 5.74) is 4.67. The number of aliphatic carboxylic acids is 1. The van der Waals surface area contributed by atoms with Crippen LogP contribution in [0.25, 0.3) is 21.3 Å². The van der Waals surface area contributed by atoms with Crippen molar-refractivity contribution < 1.29 is 9.90 Å². The van der Waals surface area contributed by atoms with Crippen LogP contribution >= 0.6 is 23.1 Å². The van der Waals surface area contributed by atoms with Crippen LogP contribution in [0.1, 0.15) is 24.5 Å². The van der Waals surface area contributed by atoms with Crippen molar-refractivity contribution in [3.05, 3.63) is 41.0 Å². The van der Waals surface area contributed by atoms with Gasteiger partial charge in [0.1, 0.15) is 21.4 Å². The second-order valence-electron chi connectivity index (χ2n) is 5.66. The summed E-state index contributed by atoms with van der Waals surface area (Å²) in [6.07, 6.45) is 2.06. The molecule has 0 saturated carbocycles. The highest BCUT2D eigenvalue weighted by Crippen LogP contribution is 2.39. The third-order valence-electron chi connectivity index (χ3n) is 4.05. The smallest absolute Gasteiger partial charge is 0.317 e. The highest BCUT2D eigenvalue weighted by atomic mass is 32.2. The van der Waals surface area contributed by atoms with Crippen LogP contribution in [0.4, 0.5) is 0 Å². The molecular weight excluding hydrogens is 340 g/mol. The van der Waals surface area contributed by atoms with E-state index in [1.165, 1.54) is 29.2 Å². The molecule has 0 fully saturated rings. The number of carboxylic acids is 1. The van der Waals surface area contributed by atoms with Gasteiger partial charge >= 0.3 is 5.97 Å². The lowest BCUT2D eigenvalue weighted by atomic mass is 10.0. The topological polar surface area (TPSA) is 63.1 Å². The lowest BCUT2D eigenvalue weighted by molar-refractivity contribution is -0.136. The molecule has 0 saturated heterocycles. The van der Waals surface area contributed by atoms with Gasteiger partial charge in [-0.3, -0.25) is 4.79 Å². The lowest BCUT2D eigenvalue weighted by Crippen LogP contribution is -2.15. The zero-order valence-electron chi connectivity index (χ0n) is 13.7. The average molecular weight is 358 g/mol. The molecule has 1 aromatic carbocycles. The van der Waals surface area contributed by atoms with Gasteiger partial charge in [-0.1, -0.05) is 36.9 Å². The van der Waals surface area contributed by atoms with Crippen LogP contribution in [0.3, 0.4) is 0 Å². The predicted molar refractivity (Wildman–Crippen MR) is 99.9 cm³/mol. The first-order valence-corrected chi connectivity index (χ1v) is 9.46. The van der Waals surface area contributed by atoms with Crippen LogP contribution in [0.2, 0.25) is 0 Å². The van der Waals surface area contributed by atoms with Crippen molar-refractivity contribution in [3.8, 4) is 11.1 Å². The molecule has 0 bridgehead atoms. The van der Waals surface area contributed by atoms with Crippen LogP contribution in [-0.2, 0) is 4.79 Å². The standard InChI is InChI=1S/C18H18N2O2S2/c1-4-14(18(21)22)24-17-15-13(8-23-16(15)19-9-20-17)12-6-5-10(2)11(3)7-12/h5-9,14H,4H2,1-3H3,(H,21,22)/t14-/m1/s1. The van der Waals surface area contributed by atoms with E-state index in [2.05, 4.69) is 47.4 Å². The minimum Gasteiger partial charge on any atom is -0.480 e. The van der Waals surface area contributed by atoms with E-state index in [0.29, 0.717) is 6.42 Å². The van der Waals surface area contributed by atoms with Gasteiger partial charge in [0.15, 0.2) is 0 Å². The van der Waals surface area contributed by atoms with E-state index in [1.54, 1.807) is 11.3 Å². The zero-order valence-corrected chi connectivity index (χ0v) is 15.4. The van der Waals surface area contributed by atoms with E-state index in [1.807, 2.05) is 6.92 Å². The van der Waals surface area contributed by atoms with Gasteiger partial charge < -0.3 is 5.11 Å². The van der Waals surface area contributed by atoms with Crippen molar-refractivity contribution in [1.82, 2.24) is 9.97 Å². The fraction of sp³-hybridized carbons (Fsp3) is 0.278. The number of carbonyl (C=O) groups is 1. The van der Waals surface area contributed by atoms with Crippen molar-refractivity contribution in [1.29, 1.82) is 0 Å². The van der Waals surface area contributed by atoms with Gasteiger partial charge in [0, 0.05) is 10.9 Å². The van der Waals surface area contributed by atoms with E-state index in [-0.39, 0.29) is 0 Å². The third kappa shape index (κ3) is 3.16. The Morgan fingerprint density at radius 3 is 2.75 bits per heavy atom. The van der Waals surface area contributed by atoms with Gasteiger partial charge in [-0.15, -0.1) is 11.3 Å².